The maximum Gasteiger partial charge on any atom is 0.150 e. The largest absolute Gasteiger partial charge is 0.315 e. The van der Waals surface area contributed by atoms with E-state index >= 15 is 0 Å². The van der Waals surface area contributed by atoms with Crippen LogP contribution in [0.1, 0.15) is 58.6 Å². The molecule has 0 saturated heterocycles. The lowest BCUT2D eigenvalue weighted by Gasteiger charge is -2.11. The van der Waals surface area contributed by atoms with Crippen LogP contribution in [0.25, 0.3) is 0 Å². The van der Waals surface area contributed by atoms with Gasteiger partial charge in [0.1, 0.15) is 5.82 Å². The van der Waals surface area contributed by atoms with E-state index in [4.69, 9.17) is 0 Å². The van der Waals surface area contributed by atoms with Gasteiger partial charge in [0.15, 0.2) is 5.82 Å². The van der Waals surface area contributed by atoms with Crippen molar-refractivity contribution in [1.29, 1.82) is 0 Å². The summed E-state index contributed by atoms with van der Waals surface area (Å²) in [6.07, 6.45) is 5.58. The van der Waals surface area contributed by atoms with Gasteiger partial charge in [-0.1, -0.05) is 27.2 Å². The summed E-state index contributed by atoms with van der Waals surface area (Å²) in [5.74, 6) is 2.11. The molecule has 0 aliphatic rings. The zero-order valence-corrected chi connectivity index (χ0v) is 12.4. The summed E-state index contributed by atoms with van der Waals surface area (Å²) in [7, 11) is 0. The maximum atomic E-state index is 4.54. The van der Waals surface area contributed by atoms with E-state index in [1.54, 1.807) is 0 Å². The second-order valence-corrected chi connectivity index (χ2v) is 4.83. The Morgan fingerprint density at radius 3 is 2.56 bits per heavy atom. The van der Waals surface area contributed by atoms with E-state index in [0.717, 1.165) is 37.6 Å². The third kappa shape index (κ3) is 4.77. The van der Waals surface area contributed by atoms with E-state index in [2.05, 4.69) is 47.8 Å². The average molecular weight is 252 g/mol. The molecule has 1 unspecified atom stereocenters. The molecule has 0 fully saturated rings. The predicted octanol–water partition coefficient (Wildman–Crippen LogP) is 2.57. The van der Waals surface area contributed by atoms with Crippen LogP contribution < -0.4 is 5.32 Å². The van der Waals surface area contributed by atoms with Gasteiger partial charge in [-0.25, -0.2) is 9.67 Å². The first kappa shape index (κ1) is 15.2. The fourth-order valence-corrected chi connectivity index (χ4v) is 2.18. The van der Waals surface area contributed by atoms with Crippen molar-refractivity contribution in [2.45, 2.75) is 72.4 Å². The molecule has 1 atom stereocenters. The molecule has 1 heterocycles. The van der Waals surface area contributed by atoms with Gasteiger partial charge in [-0.15, -0.1) is 0 Å². The zero-order chi connectivity index (χ0) is 13.4. The average Bonchev–Trinajstić information content (AvgIpc) is 2.77. The summed E-state index contributed by atoms with van der Waals surface area (Å²) in [5.41, 5.74) is 0. The van der Waals surface area contributed by atoms with Gasteiger partial charge in [0.25, 0.3) is 0 Å². The van der Waals surface area contributed by atoms with Crippen LogP contribution in [-0.2, 0) is 19.4 Å². The molecular formula is C14H28N4. The van der Waals surface area contributed by atoms with Crippen LogP contribution in [0.2, 0.25) is 0 Å². The Morgan fingerprint density at radius 2 is 1.94 bits per heavy atom. The topological polar surface area (TPSA) is 42.7 Å². The van der Waals surface area contributed by atoms with Crippen LogP contribution in [0.15, 0.2) is 0 Å². The highest BCUT2D eigenvalue weighted by Crippen LogP contribution is 2.06. The van der Waals surface area contributed by atoms with Crippen LogP contribution >= 0.6 is 0 Å². The summed E-state index contributed by atoms with van der Waals surface area (Å²) in [4.78, 5) is 4.53. The van der Waals surface area contributed by atoms with E-state index in [9.17, 15) is 0 Å². The molecule has 1 rings (SSSR count). The first-order valence-electron chi connectivity index (χ1n) is 7.37. The van der Waals surface area contributed by atoms with Gasteiger partial charge in [0.2, 0.25) is 0 Å². The number of aromatic nitrogens is 3. The maximum absolute atomic E-state index is 4.54. The molecule has 0 aromatic carbocycles. The Morgan fingerprint density at radius 1 is 1.17 bits per heavy atom. The van der Waals surface area contributed by atoms with Crippen LogP contribution in [0.5, 0.6) is 0 Å². The molecule has 0 amide bonds. The molecule has 0 saturated carbocycles. The van der Waals surface area contributed by atoms with Crippen molar-refractivity contribution in [1.82, 2.24) is 20.1 Å². The number of nitrogens with zero attached hydrogens (tertiary/aromatic N) is 3. The molecule has 4 heteroatoms. The van der Waals surface area contributed by atoms with E-state index in [0.29, 0.717) is 6.04 Å². The van der Waals surface area contributed by atoms with Crippen molar-refractivity contribution < 1.29 is 0 Å². The molecule has 1 aromatic heterocycles. The number of hydrogen-bond acceptors (Lipinski definition) is 3. The third-order valence-corrected chi connectivity index (χ3v) is 3.23. The highest BCUT2D eigenvalue weighted by Gasteiger charge is 2.06. The molecule has 1 N–H and O–H groups in total. The van der Waals surface area contributed by atoms with Gasteiger partial charge in [-0.3, -0.25) is 0 Å². The molecule has 18 heavy (non-hydrogen) atoms. The second-order valence-electron chi connectivity index (χ2n) is 4.83. The van der Waals surface area contributed by atoms with Crippen LogP contribution in [0.4, 0.5) is 0 Å². The fourth-order valence-electron chi connectivity index (χ4n) is 2.18. The van der Waals surface area contributed by atoms with Crippen molar-refractivity contribution in [3.05, 3.63) is 11.6 Å². The standard InChI is InChI=1S/C14H28N4/c1-5-13-16-14(6-2)18(17-13)11-9-8-10-12(4)15-7-3/h12,15H,5-11H2,1-4H3. The van der Waals surface area contributed by atoms with Crippen molar-refractivity contribution >= 4 is 0 Å². The minimum absolute atomic E-state index is 0.627. The van der Waals surface area contributed by atoms with Gasteiger partial charge in [-0.05, 0) is 26.3 Å². The van der Waals surface area contributed by atoms with Gasteiger partial charge in [0.05, 0.1) is 0 Å². The minimum Gasteiger partial charge on any atom is -0.315 e. The highest BCUT2D eigenvalue weighted by atomic mass is 15.3. The number of nitrogens with one attached hydrogen (secondary N) is 1. The van der Waals surface area contributed by atoms with E-state index in [-0.39, 0.29) is 0 Å². The molecule has 0 bridgehead atoms. The summed E-state index contributed by atoms with van der Waals surface area (Å²) in [6, 6.07) is 0.627. The lowest BCUT2D eigenvalue weighted by atomic mass is 10.1. The normalized spacial score (nSPS) is 12.9. The molecule has 0 aliphatic carbocycles. The van der Waals surface area contributed by atoms with Gasteiger partial charge < -0.3 is 5.32 Å². The lowest BCUT2D eigenvalue weighted by Crippen LogP contribution is -2.25. The second kappa shape index (κ2) is 8.25. The summed E-state index contributed by atoms with van der Waals surface area (Å²) in [6.45, 7) is 10.7. The Bertz CT molecular complexity index is 333. The van der Waals surface area contributed by atoms with Gasteiger partial charge in [-0.2, -0.15) is 5.10 Å². The Labute approximate surface area is 111 Å². The van der Waals surface area contributed by atoms with Crippen LogP contribution in [0.3, 0.4) is 0 Å². The molecule has 0 aliphatic heterocycles. The molecule has 4 nitrogen and oxygen atoms in total. The smallest absolute Gasteiger partial charge is 0.150 e. The highest BCUT2D eigenvalue weighted by molar-refractivity contribution is 4.92. The number of hydrogen-bond donors (Lipinski definition) is 1. The first-order chi connectivity index (χ1) is 8.71. The zero-order valence-electron chi connectivity index (χ0n) is 12.4. The van der Waals surface area contributed by atoms with Gasteiger partial charge in [0, 0.05) is 25.4 Å². The molecule has 104 valence electrons. The van der Waals surface area contributed by atoms with E-state index in [1.165, 1.54) is 19.3 Å². The van der Waals surface area contributed by atoms with Gasteiger partial charge >= 0.3 is 0 Å². The predicted molar refractivity (Wildman–Crippen MR) is 75.8 cm³/mol. The number of rotatable bonds is 9. The summed E-state index contributed by atoms with van der Waals surface area (Å²) < 4.78 is 2.09. The van der Waals surface area contributed by atoms with Crippen LogP contribution in [-0.4, -0.2) is 27.4 Å². The summed E-state index contributed by atoms with van der Waals surface area (Å²) >= 11 is 0. The molecular weight excluding hydrogens is 224 g/mol. The fraction of sp³-hybridized carbons (Fsp3) is 0.857. The summed E-state index contributed by atoms with van der Waals surface area (Å²) in [5, 5.41) is 7.99. The van der Waals surface area contributed by atoms with Crippen molar-refractivity contribution in [3.8, 4) is 0 Å². The van der Waals surface area contributed by atoms with E-state index in [1.807, 2.05) is 0 Å². The SMILES string of the molecule is CCNC(C)CCCCn1nc(CC)nc1CC. The lowest BCUT2D eigenvalue weighted by molar-refractivity contribution is 0.468. The molecule has 1 aromatic rings. The Kier molecular flexibility index (Phi) is 6.94. The van der Waals surface area contributed by atoms with Crippen LogP contribution in [0, 0.1) is 0 Å². The van der Waals surface area contributed by atoms with E-state index < -0.39 is 0 Å². The van der Waals surface area contributed by atoms with Crippen molar-refractivity contribution in [2.75, 3.05) is 6.54 Å². The number of unbranched alkanes of at least 4 members (excludes halogenated alkanes) is 1. The monoisotopic (exact) mass is 252 g/mol. The first-order valence-corrected chi connectivity index (χ1v) is 7.37. The molecule has 0 radical (unpaired) electrons. The minimum atomic E-state index is 0.627. The molecule has 0 spiro atoms. The van der Waals surface area contributed by atoms with Crippen molar-refractivity contribution in [2.24, 2.45) is 0 Å². The Balaban J connectivity index is 2.32. The Hall–Kier alpha value is -0.900. The van der Waals surface area contributed by atoms with Crippen molar-refractivity contribution in [3.63, 3.8) is 0 Å². The number of aryl methyl sites for hydroxylation is 3. The third-order valence-electron chi connectivity index (χ3n) is 3.23. The quantitative estimate of drug-likeness (QED) is 0.687.